The van der Waals surface area contributed by atoms with Crippen LogP contribution in [0.2, 0.25) is 0 Å². The van der Waals surface area contributed by atoms with Gasteiger partial charge in [-0.25, -0.2) is 9.97 Å². The van der Waals surface area contributed by atoms with Crippen LogP contribution in [0.5, 0.6) is 0 Å². The number of hydrogen-bond donors (Lipinski definition) is 0. The highest BCUT2D eigenvalue weighted by molar-refractivity contribution is 5.72. The van der Waals surface area contributed by atoms with Crippen molar-refractivity contribution in [2.75, 3.05) is 31.6 Å². The van der Waals surface area contributed by atoms with Crippen LogP contribution >= 0.6 is 0 Å². The van der Waals surface area contributed by atoms with Crippen molar-refractivity contribution in [2.24, 2.45) is 0 Å². The Bertz CT molecular complexity index is 617. The van der Waals surface area contributed by atoms with Crippen molar-refractivity contribution in [2.45, 2.75) is 66.0 Å². The first-order valence-electron chi connectivity index (χ1n) is 9.05. The molecule has 2 heterocycles. The summed E-state index contributed by atoms with van der Waals surface area (Å²) in [6.45, 7) is 14.0. The second-order valence-corrected chi connectivity index (χ2v) is 8.02. The van der Waals surface area contributed by atoms with E-state index in [1.165, 1.54) is 0 Å². The van der Waals surface area contributed by atoms with Gasteiger partial charge in [0.15, 0.2) is 0 Å². The van der Waals surface area contributed by atoms with E-state index < -0.39 is 5.60 Å². The molecule has 0 N–H and O–H groups in total. The van der Waals surface area contributed by atoms with Crippen LogP contribution in [0.15, 0.2) is 0 Å². The topological polar surface area (TPSA) is 58.6 Å². The van der Waals surface area contributed by atoms with E-state index in [9.17, 15) is 4.79 Å². The number of aromatic nitrogens is 2. The lowest BCUT2D eigenvalue weighted by Crippen LogP contribution is -2.46. The minimum absolute atomic E-state index is 0.157. The normalized spacial score (nSPS) is 16.4. The van der Waals surface area contributed by atoms with Gasteiger partial charge >= 0.3 is 5.97 Å². The summed E-state index contributed by atoms with van der Waals surface area (Å²) in [5.41, 5.74) is 1.78. The highest BCUT2D eigenvalue weighted by atomic mass is 16.6. The third kappa shape index (κ3) is 5.39. The second-order valence-electron chi connectivity index (χ2n) is 8.02. The van der Waals surface area contributed by atoms with E-state index in [1.807, 2.05) is 41.7 Å². The van der Waals surface area contributed by atoms with Gasteiger partial charge in [-0.15, -0.1) is 0 Å². The Morgan fingerprint density at radius 3 is 2.36 bits per heavy atom. The Kier molecular flexibility index (Phi) is 6.03. The van der Waals surface area contributed by atoms with Crippen LogP contribution in [-0.2, 0) is 9.53 Å². The Hall–Kier alpha value is -1.69. The van der Waals surface area contributed by atoms with Crippen molar-refractivity contribution >= 4 is 11.8 Å². The van der Waals surface area contributed by atoms with Crippen LogP contribution in [0, 0.1) is 20.8 Å². The van der Waals surface area contributed by atoms with Crippen molar-refractivity contribution < 1.29 is 9.53 Å². The number of carbonyl (C=O) groups is 1. The van der Waals surface area contributed by atoms with Crippen LogP contribution in [0.1, 0.15) is 50.7 Å². The number of nitrogens with zero attached hydrogens (tertiary/aromatic N) is 4. The zero-order valence-corrected chi connectivity index (χ0v) is 16.7. The Labute approximate surface area is 151 Å². The number of piperidine rings is 1. The lowest BCUT2D eigenvalue weighted by Gasteiger charge is -2.37. The average Bonchev–Trinajstić information content (AvgIpc) is 2.49. The van der Waals surface area contributed by atoms with Gasteiger partial charge in [-0.05, 0) is 61.4 Å². The van der Waals surface area contributed by atoms with Gasteiger partial charge in [0.1, 0.15) is 17.2 Å². The van der Waals surface area contributed by atoms with Crippen molar-refractivity contribution in [3.8, 4) is 0 Å². The van der Waals surface area contributed by atoms with Gasteiger partial charge in [0, 0.05) is 30.4 Å². The fraction of sp³-hybridized carbons (Fsp3) is 0.737. The molecule has 1 aliphatic heterocycles. The molecule has 0 aromatic carbocycles. The van der Waals surface area contributed by atoms with E-state index in [0.29, 0.717) is 12.6 Å². The molecule has 1 aromatic rings. The molecule has 1 aliphatic rings. The first-order valence-corrected chi connectivity index (χ1v) is 9.05. The van der Waals surface area contributed by atoms with E-state index in [0.717, 1.165) is 48.8 Å². The first-order chi connectivity index (χ1) is 11.6. The highest BCUT2D eigenvalue weighted by Gasteiger charge is 2.27. The maximum Gasteiger partial charge on any atom is 0.320 e. The smallest absolute Gasteiger partial charge is 0.320 e. The third-order valence-electron chi connectivity index (χ3n) is 4.66. The molecule has 1 fully saturated rings. The standard InChI is InChI=1S/C19H32N4O2/c1-13-14(2)20-15(3)21-18(13)23-10-8-16(9-11-23)22(7)12-17(24)25-19(4,5)6/h16H,8-12H2,1-7H3. The fourth-order valence-corrected chi connectivity index (χ4v) is 3.28. The van der Waals surface area contributed by atoms with E-state index >= 15 is 0 Å². The molecule has 1 aromatic heterocycles. The number of anilines is 1. The maximum atomic E-state index is 12.0. The molecule has 6 nitrogen and oxygen atoms in total. The summed E-state index contributed by atoms with van der Waals surface area (Å²) in [5, 5.41) is 0. The Morgan fingerprint density at radius 1 is 1.20 bits per heavy atom. The van der Waals surface area contributed by atoms with Crippen LogP contribution in [-0.4, -0.2) is 59.2 Å². The number of esters is 1. The summed E-state index contributed by atoms with van der Waals surface area (Å²) in [7, 11) is 2.01. The third-order valence-corrected chi connectivity index (χ3v) is 4.66. The molecule has 0 spiro atoms. The minimum atomic E-state index is -0.429. The SMILES string of the molecule is Cc1nc(C)c(C)c(N2CCC(N(C)CC(=O)OC(C)(C)C)CC2)n1. The molecule has 6 heteroatoms. The van der Waals surface area contributed by atoms with Gasteiger partial charge in [0.05, 0.1) is 6.54 Å². The van der Waals surface area contributed by atoms with Crippen LogP contribution in [0.3, 0.4) is 0 Å². The minimum Gasteiger partial charge on any atom is -0.459 e. The molecule has 0 saturated carbocycles. The molecule has 0 aliphatic carbocycles. The number of aryl methyl sites for hydroxylation is 2. The van der Waals surface area contributed by atoms with Gasteiger partial charge in [0.25, 0.3) is 0 Å². The summed E-state index contributed by atoms with van der Waals surface area (Å²) in [4.78, 5) is 25.6. The molecular formula is C19H32N4O2. The fourth-order valence-electron chi connectivity index (χ4n) is 3.28. The Balaban J connectivity index is 1.92. The van der Waals surface area contributed by atoms with Gasteiger partial charge in [-0.2, -0.15) is 0 Å². The van der Waals surface area contributed by atoms with Crippen molar-refractivity contribution in [1.82, 2.24) is 14.9 Å². The maximum absolute atomic E-state index is 12.0. The van der Waals surface area contributed by atoms with Gasteiger partial charge in [-0.1, -0.05) is 0 Å². The lowest BCUT2D eigenvalue weighted by molar-refractivity contribution is -0.156. The summed E-state index contributed by atoms with van der Waals surface area (Å²) < 4.78 is 5.42. The van der Waals surface area contributed by atoms with Crippen molar-refractivity contribution in [1.29, 1.82) is 0 Å². The molecule has 0 radical (unpaired) electrons. The zero-order valence-electron chi connectivity index (χ0n) is 16.7. The number of hydrogen-bond acceptors (Lipinski definition) is 6. The number of ether oxygens (including phenoxy) is 1. The molecule has 2 rings (SSSR count). The molecule has 25 heavy (non-hydrogen) atoms. The quantitative estimate of drug-likeness (QED) is 0.780. The summed E-state index contributed by atoms with van der Waals surface area (Å²) in [5.74, 6) is 1.72. The van der Waals surface area contributed by atoms with Gasteiger partial charge < -0.3 is 9.64 Å². The van der Waals surface area contributed by atoms with E-state index in [-0.39, 0.29) is 5.97 Å². The summed E-state index contributed by atoms with van der Waals surface area (Å²) >= 11 is 0. The van der Waals surface area contributed by atoms with E-state index in [1.54, 1.807) is 0 Å². The van der Waals surface area contributed by atoms with Crippen LogP contribution < -0.4 is 4.90 Å². The van der Waals surface area contributed by atoms with Crippen LogP contribution in [0.4, 0.5) is 5.82 Å². The highest BCUT2D eigenvalue weighted by Crippen LogP contribution is 2.25. The monoisotopic (exact) mass is 348 g/mol. The lowest BCUT2D eigenvalue weighted by atomic mass is 10.0. The van der Waals surface area contributed by atoms with Crippen molar-refractivity contribution in [3.63, 3.8) is 0 Å². The van der Waals surface area contributed by atoms with E-state index in [2.05, 4.69) is 26.7 Å². The molecule has 140 valence electrons. The van der Waals surface area contributed by atoms with Gasteiger partial charge in [-0.3, -0.25) is 9.69 Å². The zero-order chi connectivity index (χ0) is 18.8. The van der Waals surface area contributed by atoms with Crippen LogP contribution in [0.25, 0.3) is 0 Å². The molecule has 0 atom stereocenters. The predicted molar refractivity (Wildman–Crippen MR) is 100.0 cm³/mol. The molecular weight excluding hydrogens is 316 g/mol. The molecule has 0 bridgehead atoms. The summed E-state index contributed by atoms with van der Waals surface area (Å²) in [6, 6.07) is 0.396. The average molecular weight is 348 g/mol. The van der Waals surface area contributed by atoms with Crippen molar-refractivity contribution in [3.05, 3.63) is 17.1 Å². The largest absolute Gasteiger partial charge is 0.459 e. The first kappa shape index (κ1) is 19.6. The Morgan fingerprint density at radius 2 is 1.80 bits per heavy atom. The number of carbonyl (C=O) groups excluding carboxylic acids is 1. The van der Waals surface area contributed by atoms with Gasteiger partial charge in [0.2, 0.25) is 0 Å². The second kappa shape index (κ2) is 7.68. The molecule has 1 saturated heterocycles. The number of likely N-dealkylation sites (N-methyl/N-ethyl adjacent to an activating group) is 1. The molecule has 0 amide bonds. The number of rotatable bonds is 4. The summed E-state index contributed by atoms with van der Waals surface area (Å²) in [6.07, 6.45) is 2.03. The predicted octanol–water partition coefficient (Wildman–Crippen LogP) is 2.64. The molecule has 0 unspecified atom stereocenters. The van der Waals surface area contributed by atoms with E-state index in [4.69, 9.17) is 4.74 Å².